The summed E-state index contributed by atoms with van der Waals surface area (Å²) in [5.74, 6) is -0.708. The van der Waals surface area contributed by atoms with Crippen molar-refractivity contribution in [3.8, 4) is 0 Å². The van der Waals surface area contributed by atoms with E-state index in [1.807, 2.05) is 27.7 Å². The van der Waals surface area contributed by atoms with Gasteiger partial charge in [0, 0.05) is 23.9 Å². The summed E-state index contributed by atoms with van der Waals surface area (Å²) in [6.45, 7) is 7.26. The largest absolute Gasteiger partial charge is 0.456 e. The summed E-state index contributed by atoms with van der Waals surface area (Å²) in [4.78, 5) is 36.8. The van der Waals surface area contributed by atoms with E-state index in [2.05, 4.69) is 20.3 Å². The Balaban J connectivity index is 1.84. The molecule has 0 bridgehead atoms. The quantitative estimate of drug-likeness (QED) is 0.655. The molecule has 0 saturated carbocycles. The number of hydrogen-bond donors (Lipinski definition) is 1. The topological polar surface area (TPSA) is 94.1 Å². The highest BCUT2D eigenvalue weighted by Crippen LogP contribution is 2.37. The Morgan fingerprint density at radius 3 is 2.69 bits per heavy atom. The van der Waals surface area contributed by atoms with Crippen molar-refractivity contribution >= 4 is 29.3 Å². The lowest BCUT2D eigenvalue weighted by Crippen LogP contribution is -2.24. The number of aromatic nitrogens is 3. The van der Waals surface area contributed by atoms with Crippen LogP contribution in [0.3, 0.4) is 0 Å². The highest BCUT2D eigenvalue weighted by Gasteiger charge is 2.35. The Labute approximate surface area is 156 Å². The number of amides is 1. The second-order valence-corrected chi connectivity index (χ2v) is 7.52. The van der Waals surface area contributed by atoms with E-state index in [0.717, 1.165) is 5.56 Å². The predicted octanol–water partition coefficient (Wildman–Crippen LogP) is 3.07. The molecule has 26 heavy (non-hydrogen) atoms. The molecule has 1 N–H and O–H groups in total. The molecule has 7 nitrogen and oxygen atoms in total. The molecule has 1 unspecified atom stereocenters. The number of pyridine rings is 1. The highest BCUT2D eigenvalue weighted by atomic mass is 35.5. The summed E-state index contributed by atoms with van der Waals surface area (Å²) >= 11 is 6.14. The SMILES string of the molecule is Cc1cc(C(=O)OC(C)(C)C)cnc1CC1C(=O)Nc2ncnc(Cl)c21. The molecule has 1 amide bonds. The molecule has 1 aliphatic rings. The first-order valence-corrected chi connectivity index (χ1v) is 8.53. The zero-order chi connectivity index (χ0) is 19.1. The van der Waals surface area contributed by atoms with Crippen LogP contribution in [0.5, 0.6) is 0 Å². The summed E-state index contributed by atoms with van der Waals surface area (Å²) in [7, 11) is 0. The number of carbonyl (C=O) groups excluding carboxylic acids is 2. The number of halogens is 1. The summed E-state index contributed by atoms with van der Waals surface area (Å²) in [5.41, 5.74) is 1.87. The van der Waals surface area contributed by atoms with Gasteiger partial charge in [-0.1, -0.05) is 11.6 Å². The van der Waals surface area contributed by atoms with Gasteiger partial charge in [0.2, 0.25) is 5.91 Å². The molecule has 0 saturated heterocycles. The molecule has 3 rings (SSSR count). The van der Waals surface area contributed by atoms with Gasteiger partial charge in [0.1, 0.15) is 22.9 Å². The van der Waals surface area contributed by atoms with E-state index in [1.165, 1.54) is 12.5 Å². The lowest BCUT2D eigenvalue weighted by molar-refractivity contribution is -0.117. The standard InChI is InChI=1S/C18H19ClN4O3/c1-9-5-10(17(25)26-18(2,3)4)7-20-12(9)6-11-13-14(19)21-8-22-15(13)23-16(11)24/h5,7-8,11H,6H2,1-4H3,(H,21,22,23,24). The number of aryl methyl sites for hydroxylation is 1. The van der Waals surface area contributed by atoms with Gasteiger partial charge in [-0.2, -0.15) is 0 Å². The minimum absolute atomic E-state index is 0.195. The minimum Gasteiger partial charge on any atom is -0.456 e. The molecule has 136 valence electrons. The zero-order valence-corrected chi connectivity index (χ0v) is 15.7. The lowest BCUT2D eigenvalue weighted by Gasteiger charge is -2.19. The molecular formula is C18H19ClN4O3. The van der Waals surface area contributed by atoms with Gasteiger partial charge in [0.05, 0.1) is 11.5 Å². The molecule has 1 aliphatic heterocycles. The fraction of sp³-hybridized carbons (Fsp3) is 0.389. The van der Waals surface area contributed by atoms with Crippen molar-refractivity contribution < 1.29 is 14.3 Å². The number of carbonyl (C=O) groups is 2. The number of hydrogen-bond acceptors (Lipinski definition) is 6. The van der Waals surface area contributed by atoms with Gasteiger partial charge in [-0.25, -0.2) is 14.8 Å². The summed E-state index contributed by atoms with van der Waals surface area (Å²) in [5, 5.41) is 2.96. The number of anilines is 1. The number of esters is 1. The van der Waals surface area contributed by atoms with Crippen LogP contribution in [0.2, 0.25) is 5.15 Å². The molecule has 3 heterocycles. The third-order valence-corrected chi connectivity index (χ3v) is 4.26. The maximum atomic E-state index is 12.3. The highest BCUT2D eigenvalue weighted by molar-refractivity contribution is 6.31. The first-order valence-electron chi connectivity index (χ1n) is 8.16. The molecule has 0 fully saturated rings. The number of nitrogens with one attached hydrogen (secondary N) is 1. The lowest BCUT2D eigenvalue weighted by atomic mass is 9.95. The van der Waals surface area contributed by atoms with Crippen LogP contribution in [0.15, 0.2) is 18.6 Å². The fourth-order valence-corrected chi connectivity index (χ4v) is 3.04. The van der Waals surface area contributed by atoms with E-state index in [-0.39, 0.29) is 11.1 Å². The van der Waals surface area contributed by atoms with E-state index in [0.29, 0.717) is 29.1 Å². The molecular weight excluding hydrogens is 356 g/mol. The van der Waals surface area contributed by atoms with Crippen molar-refractivity contribution in [1.29, 1.82) is 0 Å². The molecule has 0 radical (unpaired) electrons. The number of nitrogens with zero attached hydrogens (tertiary/aromatic N) is 3. The van der Waals surface area contributed by atoms with Gasteiger partial charge < -0.3 is 10.1 Å². The van der Waals surface area contributed by atoms with Crippen molar-refractivity contribution in [2.24, 2.45) is 0 Å². The van der Waals surface area contributed by atoms with Crippen LogP contribution in [0.1, 0.15) is 53.9 Å². The molecule has 2 aromatic rings. The van der Waals surface area contributed by atoms with Crippen LogP contribution in [0, 0.1) is 6.92 Å². The van der Waals surface area contributed by atoms with Gasteiger partial charge in [-0.05, 0) is 39.3 Å². The maximum absolute atomic E-state index is 12.3. The fourth-order valence-electron chi connectivity index (χ4n) is 2.77. The van der Waals surface area contributed by atoms with Crippen molar-refractivity contribution in [2.75, 3.05) is 5.32 Å². The van der Waals surface area contributed by atoms with Gasteiger partial charge in [-0.3, -0.25) is 9.78 Å². The Kier molecular flexibility index (Phi) is 4.66. The molecule has 0 aliphatic carbocycles. The molecule has 8 heteroatoms. The van der Waals surface area contributed by atoms with E-state index < -0.39 is 17.5 Å². The number of ether oxygens (including phenoxy) is 1. The average Bonchev–Trinajstić information content (AvgIpc) is 2.84. The Bertz CT molecular complexity index is 892. The second-order valence-electron chi connectivity index (χ2n) is 7.16. The van der Waals surface area contributed by atoms with Crippen LogP contribution in [0.4, 0.5) is 5.82 Å². The molecule has 1 atom stereocenters. The van der Waals surface area contributed by atoms with E-state index in [4.69, 9.17) is 16.3 Å². The van der Waals surface area contributed by atoms with E-state index in [1.54, 1.807) is 6.07 Å². The Morgan fingerprint density at radius 1 is 1.31 bits per heavy atom. The van der Waals surface area contributed by atoms with Gasteiger partial charge >= 0.3 is 5.97 Å². The van der Waals surface area contributed by atoms with Crippen LogP contribution >= 0.6 is 11.6 Å². The van der Waals surface area contributed by atoms with Gasteiger partial charge in [0.25, 0.3) is 0 Å². The second kappa shape index (κ2) is 6.64. The number of fused-ring (bicyclic) bond motifs is 1. The van der Waals surface area contributed by atoms with E-state index in [9.17, 15) is 9.59 Å². The Hall–Kier alpha value is -2.54. The van der Waals surface area contributed by atoms with Gasteiger partial charge in [0.15, 0.2) is 0 Å². The van der Waals surface area contributed by atoms with Crippen molar-refractivity contribution in [3.05, 3.63) is 46.1 Å². The monoisotopic (exact) mass is 374 g/mol. The first kappa shape index (κ1) is 18.3. The molecule has 0 spiro atoms. The van der Waals surface area contributed by atoms with Crippen LogP contribution in [-0.2, 0) is 16.0 Å². The third-order valence-electron chi connectivity index (χ3n) is 3.96. The van der Waals surface area contributed by atoms with Crippen LogP contribution < -0.4 is 5.32 Å². The van der Waals surface area contributed by atoms with Gasteiger partial charge in [-0.15, -0.1) is 0 Å². The average molecular weight is 375 g/mol. The van der Waals surface area contributed by atoms with Crippen molar-refractivity contribution in [2.45, 2.75) is 45.6 Å². The summed E-state index contributed by atoms with van der Waals surface area (Å²) < 4.78 is 5.35. The smallest absolute Gasteiger partial charge is 0.340 e. The molecule has 2 aromatic heterocycles. The summed E-state index contributed by atoms with van der Waals surface area (Å²) in [6.07, 6.45) is 3.11. The van der Waals surface area contributed by atoms with Crippen LogP contribution in [-0.4, -0.2) is 32.4 Å². The van der Waals surface area contributed by atoms with Crippen molar-refractivity contribution in [1.82, 2.24) is 15.0 Å². The number of rotatable bonds is 3. The predicted molar refractivity (Wildman–Crippen MR) is 96.3 cm³/mol. The Morgan fingerprint density at radius 2 is 2.04 bits per heavy atom. The first-order chi connectivity index (χ1) is 12.2. The summed E-state index contributed by atoms with van der Waals surface area (Å²) in [6, 6.07) is 1.72. The maximum Gasteiger partial charge on any atom is 0.340 e. The van der Waals surface area contributed by atoms with Crippen LogP contribution in [0.25, 0.3) is 0 Å². The normalized spacial score (nSPS) is 16.2. The molecule has 0 aromatic carbocycles. The van der Waals surface area contributed by atoms with Crippen molar-refractivity contribution in [3.63, 3.8) is 0 Å². The zero-order valence-electron chi connectivity index (χ0n) is 15.0. The van der Waals surface area contributed by atoms with E-state index >= 15 is 0 Å². The minimum atomic E-state index is -0.577. The third kappa shape index (κ3) is 3.67.